The molecule has 0 amide bonds. The minimum atomic E-state index is 0.0304. The molecule has 1 aliphatic carbocycles. The van der Waals surface area contributed by atoms with Gasteiger partial charge in [-0.1, -0.05) is 29.8 Å². The first-order valence-corrected chi connectivity index (χ1v) is 8.25. The van der Waals surface area contributed by atoms with Crippen LogP contribution in [-0.2, 0) is 10.2 Å². The Balaban J connectivity index is 1.83. The molecule has 5 rings (SSSR count). The van der Waals surface area contributed by atoms with Gasteiger partial charge in [-0.2, -0.15) is 0 Å². The Bertz CT molecular complexity index is 748. The lowest BCUT2D eigenvalue weighted by atomic mass is 9.62. The molecular formula is C19H20N2O. The van der Waals surface area contributed by atoms with Gasteiger partial charge in [0, 0.05) is 42.0 Å². The van der Waals surface area contributed by atoms with E-state index < -0.39 is 0 Å². The summed E-state index contributed by atoms with van der Waals surface area (Å²) in [6, 6.07) is 9.16. The highest BCUT2D eigenvalue weighted by Crippen LogP contribution is 2.60. The highest BCUT2D eigenvalue weighted by atomic mass is 16.1. The number of nitrogens with one attached hydrogen (secondary N) is 1. The molecule has 2 fully saturated rings. The van der Waals surface area contributed by atoms with Crippen molar-refractivity contribution in [1.82, 2.24) is 4.90 Å². The lowest BCUT2D eigenvalue weighted by molar-refractivity contribution is -0.105. The summed E-state index contributed by atoms with van der Waals surface area (Å²) in [7, 11) is 0. The van der Waals surface area contributed by atoms with Crippen molar-refractivity contribution in [3.63, 3.8) is 0 Å². The second-order valence-electron chi connectivity index (χ2n) is 6.98. The third kappa shape index (κ3) is 1.25. The van der Waals surface area contributed by atoms with Crippen molar-refractivity contribution < 1.29 is 4.79 Å². The summed E-state index contributed by atoms with van der Waals surface area (Å²) in [5, 5.41) is 3.62. The molecule has 1 spiro atoms. The molecule has 0 aromatic heterocycles. The Morgan fingerprint density at radius 3 is 3.05 bits per heavy atom. The predicted molar refractivity (Wildman–Crippen MR) is 86.7 cm³/mol. The van der Waals surface area contributed by atoms with Crippen LogP contribution in [-0.4, -0.2) is 30.3 Å². The van der Waals surface area contributed by atoms with Crippen LogP contribution in [0.15, 0.2) is 47.2 Å². The second kappa shape index (κ2) is 4.11. The van der Waals surface area contributed by atoms with Crippen molar-refractivity contribution in [2.45, 2.75) is 31.2 Å². The van der Waals surface area contributed by atoms with Crippen molar-refractivity contribution in [3.8, 4) is 0 Å². The van der Waals surface area contributed by atoms with Gasteiger partial charge in [-0.25, -0.2) is 0 Å². The number of carbonyl (C=O) groups excluding carboxylic acids is 1. The van der Waals surface area contributed by atoms with Crippen molar-refractivity contribution in [2.75, 3.05) is 18.4 Å². The Kier molecular flexibility index (Phi) is 2.36. The lowest BCUT2D eigenvalue weighted by Gasteiger charge is -2.48. The summed E-state index contributed by atoms with van der Waals surface area (Å²) in [6.07, 6.45) is 5.55. The van der Waals surface area contributed by atoms with Crippen molar-refractivity contribution >= 4 is 12.0 Å². The van der Waals surface area contributed by atoms with Crippen molar-refractivity contribution in [3.05, 3.63) is 52.7 Å². The van der Waals surface area contributed by atoms with Gasteiger partial charge in [0.05, 0.1) is 5.41 Å². The summed E-state index contributed by atoms with van der Waals surface area (Å²) in [5.74, 6) is 0.312. The fourth-order valence-electron chi connectivity index (χ4n) is 5.44. The van der Waals surface area contributed by atoms with Crippen molar-refractivity contribution in [2.24, 2.45) is 5.92 Å². The molecule has 1 aromatic carbocycles. The summed E-state index contributed by atoms with van der Waals surface area (Å²) < 4.78 is 0. The number of allylic oxidation sites excluding steroid dienone is 2. The topological polar surface area (TPSA) is 32.3 Å². The van der Waals surface area contributed by atoms with Gasteiger partial charge in [0.15, 0.2) is 0 Å². The molecule has 0 saturated carbocycles. The maximum atomic E-state index is 11.9. The minimum absolute atomic E-state index is 0.0304. The zero-order valence-electron chi connectivity index (χ0n) is 12.8. The molecule has 2 bridgehead atoms. The fraction of sp³-hybridized carbons (Fsp3) is 0.421. The van der Waals surface area contributed by atoms with Crippen LogP contribution < -0.4 is 5.32 Å². The van der Waals surface area contributed by atoms with Gasteiger partial charge in [0.2, 0.25) is 0 Å². The van der Waals surface area contributed by atoms with Gasteiger partial charge in [-0.3, -0.25) is 9.69 Å². The number of aldehydes is 1. The maximum Gasteiger partial charge on any atom is 0.148 e. The van der Waals surface area contributed by atoms with Crippen LogP contribution >= 0.6 is 0 Å². The van der Waals surface area contributed by atoms with Gasteiger partial charge in [0.1, 0.15) is 6.29 Å². The number of rotatable bonds is 1. The van der Waals surface area contributed by atoms with Crippen LogP contribution in [0.2, 0.25) is 0 Å². The normalized spacial score (nSPS) is 37.0. The van der Waals surface area contributed by atoms with E-state index in [2.05, 4.69) is 47.5 Å². The fourth-order valence-corrected chi connectivity index (χ4v) is 5.44. The first-order valence-electron chi connectivity index (χ1n) is 8.25. The quantitative estimate of drug-likeness (QED) is 0.638. The largest absolute Gasteiger partial charge is 0.358 e. The first kappa shape index (κ1) is 12.7. The smallest absolute Gasteiger partial charge is 0.148 e. The molecule has 3 heteroatoms. The van der Waals surface area contributed by atoms with E-state index in [1.165, 1.54) is 22.5 Å². The number of para-hydroxylation sites is 1. The van der Waals surface area contributed by atoms with E-state index in [1.54, 1.807) is 0 Å². The number of benzene rings is 1. The van der Waals surface area contributed by atoms with Gasteiger partial charge < -0.3 is 5.32 Å². The molecule has 0 radical (unpaired) electrons. The van der Waals surface area contributed by atoms with E-state index in [4.69, 9.17) is 0 Å². The lowest BCUT2D eigenvalue weighted by Crippen LogP contribution is -2.52. The van der Waals surface area contributed by atoms with Crippen LogP contribution in [0.25, 0.3) is 0 Å². The Labute approximate surface area is 130 Å². The van der Waals surface area contributed by atoms with E-state index in [0.717, 1.165) is 37.8 Å². The SMILES string of the molecule is C/C=C1\CN2CC[C@@]34C(=C(C=O)[C@H]1C[C@@H]23)Nc1ccccc14. The summed E-state index contributed by atoms with van der Waals surface area (Å²) in [6.45, 7) is 4.26. The number of hydrogen-bond acceptors (Lipinski definition) is 3. The van der Waals surface area contributed by atoms with Crippen LogP contribution in [0.5, 0.6) is 0 Å². The summed E-state index contributed by atoms with van der Waals surface area (Å²) in [5.41, 5.74) is 6.25. The Hall–Kier alpha value is -1.87. The third-order valence-corrected chi connectivity index (χ3v) is 6.37. The monoisotopic (exact) mass is 292 g/mol. The average molecular weight is 292 g/mol. The van der Waals surface area contributed by atoms with Crippen LogP contribution in [0.1, 0.15) is 25.3 Å². The van der Waals surface area contributed by atoms with E-state index in [0.29, 0.717) is 12.0 Å². The standard InChI is InChI=1S/C19H20N2O/c1-2-12-10-21-8-7-19-15-5-3-4-6-16(15)20-18(19)14(11-22)13(12)9-17(19)21/h2-6,11,13,17,20H,7-10H2,1H3/b12-2+/t13-,17+,19-/m0/s1. The average Bonchev–Trinajstić information content (AvgIpc) is 3.11. The third-order valence-electron chi connectivity index (χ3n) is 6.37. The highest BCUT2D eigenvalue weighted by Gasteiger charge is 2.60. The zero-order valence-corrected chi connectivity index (χ0v) is 12.8. The number of anilines is 1. The van der Waals surface area contributed by atoms with Gasteiger partial charge in [0.25, 0.3) is 0 Å². The van der Waals surface area contributed by atoms with Crippen LogP contribution in [0.3, 0.4) is 0 Å². The molecule has 3 aliphatic heterocycles. The number of fused-ring (bicyclic) bond motifs is 2. The maximum absolute atomic E-state index is 11.9. The van der Waals surface area contributed by atoms with Gasteiger partial charge in [-0.05, 0) is 31.4 Å². The number of nitrogens with zero attached hydrogens (tertiary/aromatic N) is 1. The summed E-state index contributed by atoms with van der Waals surface area (Å²) >= 11 is 0. The van der Waals surface area contributed by atoms with E-state index >= 15 is 0 Å². The molecule has 112 valence electrons. The molecule has 3 heterocycles. The molecule has 0 unspecified atom stereocenters. The van der Waals surface area contributed by atoms with E-state index in [-0.39, 0.29) is 5.41 Å². The summed E-state index contributed by atoms with van der Waals surface area (Å²) in [4.78, 5) is 14.6. The Morgan fingerprint density at radius 2 is 2.23 bits per heavy atom. The highest BCUT2D eigenvalue weighted by molar-refractivity contribution is 5.84. The molecule has 1 N–H and O–H groups in total. The van der Waals surface area contributed by atoms with Crippen molar-refractivity contribution in [1.29, 1.82) is 0 Å². The molecule has 3 nitrogen and oxygen atoms in total. The Morgan fingerprint density at radius 1 is 1.36 bits per heavy atom. The number of hydrogen-bond donors (Lipinski definition) is 1. The molecular weight excluding hydrogens is 272 g/mol. The number of carbonyl (C=O) groups is 1. The molecule has 4 aliphatic rings. The molecule has 22 heavy (non-hydrogen) atoms. The van der Waals surface area contributed by atoms with Crippen LogP contribution in [0.4, 0.5) is 5.69 Å². The number of piperidine rings is 1. The minimum Gasteiger partial charge on any atom is -0.358 e. The molecule has 3 atom stereocenters. The predicted octanol–water partition coefficient (Wildman–Crippen LogP) is 2.86. The van der Waals surface area contributed by atoms with Gasteiger partial charge in [-0.15, -0.1) is 0 Å². The van der Waals surface area contributed by atoms with E-state index in [9.17, 15) is 4.79 Å². The zero-order chi connectivity index (χ0) is 14.9. The molecule has 2 saturated heterocycles. The second-order valence-corrected chi connectivity index (χ2v) is 6.98. The van der Waals surface area contributed by atoms with E-state index in [1.807, 2.05) is 0 Å². The first-order chi connectivity index (χ1) is 10.8. The van der Waals surface area contributed by atoms with Crippen LogP contribution in [0, 0.1) is 5.92 Å². The van der Waals surface area contributed by atoms with Gasteiger partial charge >= 0.3 is 0 Å². The molecule has 1 aromatic rings.